The van der Waals surface area contributed by atoms with Gasteiger partial charge in [0.15, 0.2) is 0 Å². The molecule has 0 aliphatic carbocycles. The molecular formula is C14H18ClNO4. The van der Waals surface area contributed by atoms with Gasteiger partial charge in [0.25, 0.3) is 0 Å². The molecule has 5 nitrogen and oxygen atoms in total. The SMILES string of the molecule is COC(=N)[C@@H]1C[C@@H](COC(=O)c2ccccc2)CO1.Cl. The first-order valence-electron chi connectivity index (χ1n) is 6.17. The van der Waals surface area contributed by atoms with E-state index in [1.165, 1.54) is 7.11 Å². The van der Waals surface area contributed by atoms with Gasteiger partial charge < -0.3 is 14.2 Å². The summed E-state index contributed by atoms with van der Waals surface area (Å²) in [5, 5.41) is 7.52. The number of rotatable bonds is 4. The average molecular weight is 300 g/mol. The first-order chi connectivity index (χ1) is 9.20. The van der Waals surface area contributed by atoms with Crippen LogP contribution in [0.15, 0.2) is 30.3 Å². The number of benzene rings is 1. The van der Waals surface area contributed by atoms with E-state index in [4.69, 9.17) is 19.6 Å². The zero-order valence-corrected chi connectivity index (χ0v) is 12.0. The van der Waals surface area contributed by atoms with Crippen molar-refractivity contribution in [3.63, 3.8) is 0 Å². The number of methoxy groups -OCH3 is 1. The number of hydrogen-bond acceptors (Lipinski definition) is 5. The first kappa shape index (κ1) is 16.5. The van der Waals surface area contributed by atoms with Crippen molar-refractivity contribution < 1.29 is 19.0 Å². The summed E-state index contributed by atoms with van der Waals surface area (Å²) in [6, 6.07) is 8.88. The smallest absolute Gasteiger partial charge is 0.338 e. The van der Waals surface area contributed by atoms with E-state index in [0.717, 1.165) is 0 Å². The van der Waals surface area contributed by atoms with Gasteiger partial charge in [-0.25, -0.2) is 4.79 Å². The van der Waals surface area contributed by atoms with Crippen LogP contribution in [0.5, 0.6) is 0 Å². The third kappa shape index (κ3) is 4.21. The van der Waals surface area contributed by atoms with Gasteiger partial charge in [-0.1, -0.05) is 18.2 Å². The second kappa shape index (κ2) is 7.87. The number of carbonyl (C=O) groups excluding carboxylic acids is 1. The normalized spacial score (nSPS) is 20.9. The van der Waals surface area contributed by atoms with Crippen molar-refractivity contribution in [1.29, 1.82) is 5.41 Å². The minimum atomic E-state index is -0.328. The lowest BCUT2D eigenvalue weighted by molar-refractivity contribution is 0.0425. The van der Waals surface area contributed by atoms with Gasteiger partial charge in [0.1, 0.15) is 6.10 Å². The Kier molecular flexibility index (Phi) is 6.48. The molecule has 2 rings (SSSR count). The fourth-order valence-electron chi connectivity index (χ4n) is 1.97. The topological polar surface area (TPSA) is 68.6 Å². The van der Waals surface area contributed by atoms with Crippen LogP contribution in [-0.2, 0) is 14.2 Å². The van der Waals surface area contributed by atoms with Crippen LogP contribution in [0.4, 0.5) is 0 Å². The van der Waals surface area contributed by atoms with Gasteiger partial charge in [0.05, 0.1) is 25.9 Å². The Balaban J connectivity index is 0.00000200. The largest absolute Gasteiger partial charge is 0.483 e. The summed E-state index contributed by atoms with van der Waals surface area (Å²) in [5.74, 6) is -0.0871. The zero-order chi connectivity index (χ0) is 13.7. The van der Waals surface area contributed by atoms with Crippen LogP contribution in [0.2, 0.25) is 0 Å². The van der Waals surface area contributed by atoms with E-state index in [9.17, 15) is 4.79 Å². The van der Waals surface area contributed by atoms with Crippen molar-refractivity contribution in [3.8, 4) is 0 Å². The highest BCUT2D eigenvalue weighted by Gasteiger charge is 2.30. The standard InChI is InChI=1S/C14H17NO4.ClH/c1-17-13(15)12-7-10(8-18-12)9-19-14(16)11-5-3-2-4-6-11;/h2-6,10,12,15H,7-9H2,1H3;1H/t10-,12+;/m1./s1. The fraction of sp³-hybridized carbons (Fsp3) is 0.429. The molecule has 20 heavy (non-hydrogen) atoms. The molecule has 1 aliphatic rings. The maximum Gasteiger partial charge on any atom is 0.338 e. The molecule has 2 atom stereocenters. The van der Waals surface area contributed by atoms with E-state index >= 15 is 0 Å². The van der Waals surface area contributed by atoms with Crippen molar-refractivity contribution in [2.75, 3.05) is 20.3 Å². The lowest BCUT2D eigenvalue weighted by atomic mass is 10.1. The number of carbonyl (C=O) groups is 1. The molecule has 1 aliphatic heterocycles. The van der Waals surface area contributed by atoms with Crippen molar-refractivity contribution in [1.82, 2.24) is 0 Å². The van der Waals surface area contributed by atoms with Gasteiger partial charge in [-0.3, -0.25) is 5.41 Å². The van der Waals surface area contributed by atoms with Gasteiger partial charge in [0, 0.05) is 5.92 Å². The molecule has 0 unspecified atom stereocenters. The van der Waals surface area contributed by atoms with Gasteiger partial charge >= 0.3 is 5.97 Å². The Labute approximate surface area is 124 Å². The van der Waals surface area contributed by atoms with Crippen molar-refractivity contribution >= 4 is 24.3 Å². The molecule has 110 valence electrons. The van der Waals surface area contributed by atoms with Crippen LogP contribution in [0.1, 0.15) is 16.8 Å². The molecule has 1 saturated heterocycles. The quantitative estimate of drug-likeness (QED) is 0.526. The van der Waals surface area contributed by atoms with Crippen LogP contribution >= 0.6 is 12.4 Å². The lowest BCUT2D eigenvalue weighted by Crippen LogP contribution is -2.20. The van der Waals surface area contributed by atoms with Gasteiger partial charge in [-0.2, -0.15) is 0 Å². The zero-order valence-electron chi connectivity index (χ0n) is 11.2. The maximum atomic E-state index is 11.7. The Bertz CT molecular complexity index is 452. The lowest BCUT2D eigenvalue weighted by Gasteiger charge is -2.10. The average Bonchev–Trinajstić information content (AvgIpc) is 2.93. The highest BCUT2D eigenvalue weighted by Crippen LogP contribution is 2.21. The van der Waals surface area contributed by atoms with Crippen LogP contribution < -0.4 is 0 Å². The molecule has 1 heterocycles. The van der Waals surface area contributed by atoms with E-state index in [0.29, 0.717) is 25.2 Å². The summed E-state index contributed by atoms with van der Waals surface area (Å²) in [6.07, 6.45) is 0.333. The van der Waals surface area contributed by atoms with Gasteiger partial charge in [-0.05, 0) is 18.6 Å². The third-order valence-electron chi connectivity index (χ3n) is 3.05. The van der Waals surface area contributed by atoms with Crippen molar-refractivity contribution in [2.24, 2.45) is 5.92 Å². The molecule has 0 bridgehead atoms. The molecule has 6 heteroatoms. The summed E-state index contributed by atoms with van der Waals surface area (Å²) >= 11 is 0. The van der Waals surface area contributed by atoms with E-state index in [1.54, 1.807) is 24.3 Å². The Morgan fingerprint density at radius 3 is 2.75 bits per heavy atom. The Morgan fingerprint density at radius 1 is 1.40 bits per heavy atom. The predicted molar refractivity (Wildman–Crippen MR) is 76.6 cm³/mol. The highest BCUT2D eigenvalue weighted by atomic mass is 35.5. The second-order valence-corrected chi connectivity index (χ2v) is 4.46. The highest BCUT2D eigenvalue weighted by molar-refractivity contribution is 5.89. The molecular weight excluding hydrogens is 282 g/mol. The molecule has 1 N–H and O–H groups in total. The molecule has 0 aromatic heterocycles. The molecule has 1 aromatic carbocycles. The second-order valence-electron chi connectivity index (χ2n) is 4.46. The summed E-state index contributed by atoms with van der Waals surface area (Å²) in [5.41, 5.74) is 0.544. The summed E-state index contributed by atoms with van der Waals surface area (Å²) in [4.78, 5) is 11.7. The van der Waals surface area contributed by atoms with E-state index in [2.05, 4.69) is 0 Å². The van der Waals surface area contributed by atoms with E-state index in [1.807, 2.05) is 6.07 Å². The Morgan fingerprint density at radius 2 is 2.10 bits per heavy atom. The predicted octanol–water partition coefficient (Wildman–Crippen LogP) is 2.29. The summed E-state index contributed by atoms with van der Waals surface area (Å²) in [7, 11) is 1.45. The number of nitrogens with one attached hydrogen (secondary N) is 1. The molecule has 0 spiro atoms. The van der Waals surface area contributed by atoms with Crippen LogP contribution in [0.25, 0.3) is 0 Å². The minimum Gasteiger partial charge on any atom is -0.483 e. The molecule has 0 saturated carbocycles. The minimum absolute atomic E-state index is 0. The van der Waals surface area contributed by atoms with Crippen LogP contribution in [-0.4, -0.2) is 38.3 Å². The molecule has 0 amide bonds. The molecule has 1 aromatic rings. The van der Waals surface area contributed by atoms with Gasteiger partial charge in [0.2, 0.25) is 5.90 Å². The van der Waals surface area contributed by atoms with Gasteiger partial charge in [-0.15, -0.1) is 12.4 Å². The summed E-state index contributed by atoms with van der Waals surface area (Å²) in [6.45, 7) is 0.791. The number of ether oxygens (including phenoxy) is 3. The molecule has 0 radical (unpaired) electrons. The fourth-order valence-corrected chi connectivity index (χ4v) is 1.97. The first-order valence-corrected chi connectivity index (χ1v) is 6.17. The van der Waals surface area contributed by atoms with Crippen LogP contribution in [0.3, 0.4) is 0 Å². The van der Waals surface area contributed by atoms with E-state index < -0.39 is 0 Å². The van der Waals surface area contributed by atoms with Crippen molar-refractivity contribution in [3.05, 3.63) is 35.9 Å². The molecule has 1 fully saturated rings. The van der Waals surface area contributed by atoms with Crippen molar-refractivity contribution in [2.45, 2.75) is 12.5 Å². The summed E-state index contributed by atoms with van der Waals surface area (Å²) < 4.78 is 15.5. The number of halogens is 1. The monoisotopic (exact) mass is 299 g/mol. The van der Waals surface area contributed by atoms with Crippen LogP contribution in [0, 0.1) is 11.3 Å². The third-order valence-corrected chi connectivity index (χ3v) is 3.05. The number of esters is 1. The Hall–Kier alpha value is -1.59. The van der Waals surface area contributed by atoms with E-state index in [-0.39, 0.29) is 36.3 Å². The number of hydrogen-bond donors (Lipinski definition) is 1. The maximum absolute atomic E-state index is 11.7.